The number of rotatable bonds is 4. The molecule has 2 N–H and O–H groups in total. The minimum absolute atomic E-state index is 0.0375. The molecule has 1 aliphatic rings. The highest BCUT2D eigenvalue weighted by atomic mass is 16.3. The summed E-state index contributed by atoms with van der Waals surface area (Å²) in [5, 5.41) is 17.8. The summed E-state index contributed by atoms with van der Waals surface area (Å²) >= 11 is 0. The van der Waals surface area contributed by atoms with Crippen LogP contribution >= 0.6 is 0 Å². The molecule has 0 aliphatic heterocycles. The summed E-state index contributed by atoms with van der Waals surface area (Å²) in [6, 6.07) is 5.85. The van der Waals surface area contributed by atoms with E-state index in [0.717, 1.165) is 23.7 Å². The van der Waals surface area contributed by atoms with Crippen LogP contribution < -0.4 is 0 Å². The Morgan fingerprint density at radius 1 is 1.50 bits per heavy atom. The van der Waals surface area contributed by atoms with Crippen molar-refractivity contribution in [2.45, 2.75) is 38.3 Å². The molecule has 0 atom stereocenters. The highest BCUT2D eigenvalue weighted by Crippen LogP contribution is 2.30. The highest BCUT2D eigenvalue weighted by Gasteiger charge is 2.36. The van der Waals surface area contributed by atoms with Gasteiger partial charge in [0.25, 0.3) is 5.91 Å². The van der Waals surface area contributed by atoms with Gasteiger partial charge in [0.05, 0.1) is 22.9 Å². The lowest BCUT2D eigenvalue weighted by atomic mass is 10.1. The van der Waals surface area contributed by atoms with E-state index in [4.69, 9.17) is 0 Å². The van der Waals surface area contributed by atoms with Crippen molar-refractivity contribution in [1.82, 2.24) is 15.1 Å². The minimum Gasteiger partial charge on any atom is -0.389 e. The standard InChI is InChI=1S/C15H19N3O2/c1-15(2,20)9-18(11-6-7-11)14(19)12-5-3-4-10-8-16-17-13(10)12/h3-5,8,11,20H,6-7,9H2,1-2H3,(H,16,17). The maximum atomic E-state index is 12.8. The van der Waals surface area contributed by atoms with Crippen LogP contribution in [0.15, 0.2) is 24.4 Å². The Balaban J connectivity index is 1.95. The number of hydrogen-bond donors (Lipinski definition) is 2. The molecule has 1 aromatic carbocycles. The van der Waals surface area contributed by atoms with Crippen LogP contribution in [0.1, 0.15) is 37.0 Å². The lowest BCUT2D eigenvalue weighted by Crippen LogP contribution is -2.43. The van der Waals surface area contributed by atoms with Crippen molar-refractivity contribution in [3.05, 3.63) is 30.0 Å². The molecule has 1 amide bonds. The molecule has 106 valence electrons. The second kappa shape index (κ2) is 4.59. The Kier molecular flexibility index (Phi) is 3.01. The number of nitrogens with zero attached hydrogens (tertiary/aromatic N) is 2. The molecule has 20 heavy (non-hydrogen) atoms. The summed E-state index contributed by atoms with van der Waals surface area (Å²) < 4.78 is 0. The fourth-order valence-electron chi connectivity index (χ4n) is 2.47. The molecule has 0 spiro atoms. The maximum absolute atomic E-state index is 12.8. The predicted molar refractivity (Wildman–Crippen MR) is 76.5 cm³/mol. The van der Waals surface area contributed by atoms with Gasteiger partial charge in [0.15, 0.2) is 0 Å². The number of aliphatic hydroxyl groups is 1. The zero-order valence-corrected chi connectivity index (χ0v) is 11.8. The third-order valence-corrected chi connectivity index (χ3v) is 3.51. The van der Waals surface area contributed by atoms with Crippen molar-refractivity contribution < 1.29 is 9.90 Å². The van der Waals surface area contributed by atoms with E-state index in [9.17, 15) is 9.90 Å². The molecule has 0 unspecified atom stereocenters. The van der Waals surface area contributed by atoms with Gasteiger partial charge in [-0.1, -0.05) is 12.1 Å². The third kappa shape index (κ3) is 2.54. The van der Waals surface area contributed by atoms with Crippen molar-refractivity contribution in [2.24, 2.45) is 0 Å². The summed E-state index contributed by atoms with van der Waals surface area (Å²) in [5.41, 5.74) is 0.496. The first-order chi connectivity index (χ1) is 9.46. The molecule has 2 aromatic rings. The van der Waals surface area contributed by atoms with Crippen LogP contribution in [0.4, 0.5) is 0 Å². The van der Waals surface area contributed by atoms with Gasteiger partial charge in [0.1, 0.15) is 0 Å². The summed E-state index contributed by atoms with van der Waals surface area (Å²) in [6.45, 7) is 3.81. The molecule has 3 rings (SSSR count). The van der Waals surface area contributed by atoms with Crippen LogP contribution in [-0.4, -0.2) is 44.3 Å². The van der Waals surface area contributed by atoms with E-state index in [1.807, 2.05) is 18.2 Å². The van der Waals surface area contributed by atoms with E-state index < -0.39 is 5.60 Å². The number of fused-ring (bicyclic) bond motifs is 1. The van der Waals surface area contributed by atoms with Crippen LogP contribution in [0, 0.1) is 0 Å². The Labute approximate surface area is 117 Å². The van der Waals surface area contributed by atoms with Gasteiger partial charge < -0.3 is 10.0 Å². The molecule has 5 heteroatoms. The van der Waals surface area contributed by atoms with E-state index in [1.54, 1.807) is 24.9 Å². The first-order valence-electron chi connectivity index (χ1n) is 6.91. The van der Waals surface area contributed by atoms with Crippen LogP contribution in [0.3, 0.4) is 0 Å². The first-order valence-corrected chi connectivity index (χ1v) is 6.91. The Morgan fingerprint density at radius 2 is 2.25 bits per heavy atom. The number of nitrogens with one attached hydrogen (secondary N) is 1. The smallest absolute Gasteiger partial charge is 0.256 e. The SMILES string of the molecule is CC(C)(O)CN(C(=O)c1cccc2cn[nH]c12)C1CC1. The van der Waals surface area contributed by atoms with Crippen molar-refractivity contribution in [3.63, 3.8) is 0 Å². The van der Waals surface area contributed by atoms with Crippen LogP contribution in [0.2, 0.25) is 0 Å². The molecule has 1 heterocycles. The second-order valence-corrected chi connectivity index (χ2v) is 6.12. The number of benzene rings is 1. The van der Waals surface area contributed by atoms with Gasteiger partial charge in [-0.3, -0.25) is 9.89 Å². The molecule has 0 bridgehead atoms. The molecule has 0 radical (unpaired) electrons. The van der Waals surface area contributed by atoms with E-state index in [1.165, 1.54) is 0 Å². The van der Waals surface area contributed by atoms with Gasteiger partial charge in [-0.25, -0.2) is 0 Å². The normalized spacial score (nSPS) is 15.6. The minimum atomic E-state index is -0.889. The fourth-order valence-corrected chi connectivity index (χ4v) is 2.47. The predicted octanol–water partition coefficient (Wildman–Crippen LogP) is 1.94. The highest BCUT2D eigenvalue weighted by molar-refractivity contribution is 6.05. The molecule has 1 aromatic heterocycles. The van der Waals surface area contributed by atoms with Gasteiger partial charge >= 0.3 is 0 Å². The number of H-pyrrole nitrogens is 1. The lowest BCUT2D eigenvalue weighted by Gasteiger charge is -2.29. The van der Waals surface area contributed by atoms with Crippen molar-refractivity contribution in [3.8, 4) is 0 Å². The molecule has 1 fully saturated rings. The Hall–Kier alpha value is -1.88. The summed E-state index contributed by atoms with van der Waals surface area (Å²) in [4.78, 5) is 14.6. The van der Waals surface area contributed by atoms with Crippen LogP contribution in [-0.2, 0) is 0 Å². The molecule has 5 nitrogen and oxygen atoms in total. The van der Waals surface area contributed by atoms with E-state index >= 15 is 0 Å². The zero-order valence-electron chi connectivity index (χ0n) is 11.8. The van der Waals surface area contributed by atoms with E-state index in [2.05, 4.69) is 10.2 Å². The maximum Gasteiger partial charge on any atom is 0.256 e. The van der Waals surface area contributed by atoms with Crippen LogP contribution in [0.5, 0.6) is 0 Å². The number of hydrogen-bond acceptors (Lipinski definition) is 3. The van der Waals surface area contributed by atoms with Gasteiger partial charge in [-0.15, -0.1) is 0 Å². The fraction of sp³-hybridized carbons (Fsp3) is 0.467. The number of amides is 1. The molecule has 1 aliphatic carbocycles. The lowest BCUT2D eigenvalue weighted by molar-refractivity contribution is 0.0280. The molecular formula is C15H19N3O2. The summed E-state index contributed by atoms with van der Waals surface area (Å²) in [7, 11) is 0. The number of carbonyl (C=O) groups excluding carboxylic acids is 1. The van der Waals surface area contributed by atoms with Gasteiger partial charge in [0, 0.05) is 18.0 Å². The van der Waals surface area contributed by atoms with Gasteiger partial charge in [0.2, 0.25) is 0 Å². The van der Waals surface area contributed by atoms with Gasteiger partial charge in [-0.05, 0) is 32.8 Å². The number of aromatic nitrogens is 2. The molecular weight excluding hydrogens is 254 g/mol. The van der Waals surface area contributed by atoms with Crippen molar-refractivity contribution in [1.29, 1.82) is 0 Å². The second-order valence-electron chi connectivity index (χ2n) is 6.12. The molecule has 1 saturated carbocycles. The summed E-state index contributed by atoms with van der Waals surface area (Å²) in [6.07, 6.45) is 3.74. The third-order valence-electron chi connectivity index (χ3n) is 3.51. The van der Waals surface area contributed by atoms with Crippen molar-refractivity contribution in [2.75, 3.05) is 6.54 Å². The van der Waals surface area contributed by atoms with E-state index in [-0.39, 0.29) is 11.9 Å². The average molecular weight is 273 g/mol. The van der Waals surface area contributed by atoms with Gasteiger partial charge in [-0.2, -0.15) is 5.10 Å². The number of aromatic amines is 1. The van der Waals surface area contributed by atoms with E-state index in [0.29, 0.717) is 12.1 Å². The quantitative estimate of drug-likeness (QED) is 0.894. The zero-order chi connectivity index (χ0) is 14.3. The Morgan fingerprint density at radius 3 is 2.90 bits per heavy atom. The monoisotopic (exact) mass is 273 g/mol. The summed E-state index contributed by atoms with van der Waals surface area (Å²) in [5.74, 6) is -0.0375. The Bertz CT molecular complexity index is 638. The largest absolute Gasteiger partial charge is 0.389 e. The number of carbonyl (C=O) groups is 1. The number of para-hydroxylation sites is 1. The molecule has 0 saturated heterocycles. The van der Waals surface area contributed by atoms with Crippen LogP contribution in [0.25, 0.3) is 10.9 Å². The topological polar surface area (TPSA) is 69.2 Å². The van der Waals surface area contributed by atoms with Crippen molar-refractivity contribution >= 4 is 16.8 Å². The first kappa shape index (κ1) is 13.1. The average Bonchev–Trinajstić information content (AvgIpc) is 3.10.